The molecule has 0 aliphatic carbocycles. The molecule has 0 amide bonds. The molecule has 0 aromatic carbocycles. The van der Waals surface area contributed by atoms with Gasteiger partial charge in [-0.1, -0.05) is 0 Å². The average molecular weight is 292 g/mol. The summed E-state index contributed by atoms with van der Waals surface area (Å²) in [5, 5.41) is 0. The summed E-state index contributed by atoms with van der Waals surface area (Å²) in [6, 6.07) is 0. The second-order valence-electron chi connectivity index (χ2n) is 4.51. The highest BCUT2D eigenvalue weighted by Crippen LogP contribution is 1.87. The maximum atomic E-state index is 10.6. The predicted molar refractivity (Wildman–Crippen MR) is 75.0 cm³/mol. The van der Waals surface area contributed by atoms with E-state index in [1.165, 1.54) is 6.92 Å². The van der Waals surface area contributed by atoms with Crippen molar-refractivity contribution >= 4 is 5.78 Å². The van der Waals surface area contributed by atoms with Gasteiger partial charge in [0.2, 0.25) is 0 Å². The van der Waals surface area contributed by atoms with Crippen LogP contribution < -0.4 is 0 Å². The van der Waals surface area contributed by atoms with E-state index in [9.17, 15) is 4.79 Å². The zero-order chi connectivity index (χ0) is 15.1. The normalized spacial score (nSPS) is 11.2. The smallest absolute Gasteiger partial charge is 0.155 e. The minimum Gasteiger partial charge on any atom is -0.377 e. The molecule has 0 fully saturated rings. The van der Waals surface area contributed by atoms with Crippen molar-refractivity contribution in [2.24, 2.45) is 0 Å². The number of Topliss-reactive ketones (excluding diaryl/α,β-unsaturated/α-hetero) is 1. The van der Waals surface area contributed by atoms with Crippen molar-refractivity contribution in [1.29, 1.82) is 0 Å². The van der Waals surface area contributed by atoms with E-state index in [-0.39, 0.29) is 18.5 Å². The van der Waals surface area contributed by atoms with Crippen LogP contribution in [0.25, 0.3) is 0 Å². The molecular weight excluding hydrogens is 264 g/mol. The third-order valence-electron chi connectivity index (χ3n) is 2.10. The highest BCUT2D eigenvalue weighted by Gasteiger charge is 1.95. The molecule has 0 heterocycles. The van der Waals surface area contributed by atoms with Gasteiger partial charge in [0, 0.05) is 0 Å². The number of hydrogen-bond acceptors (Lipinski definition) is 6. The van der Waals surface area contributed by atoms with Crippen molar-refractivity contribution in [3.63, 3.8) is 0 Å². The van der Waals surface area contributed by atoms with Gasteiger partial charge in [0.25, 0.3) is 0 Å². The SMILES string of the molecule is CC(=O)COCCOCCOCCOCCOC(C)C. The Morgan fingerprint density at radius 1 is 0.750 bits per heavy atom. The Balaban J connectivity index is 2.97. The standard InChI is InChI=1S/C14H28O6/c1-13(2)20-11-10-18-7-6-16-4-5-17-8-9-19-12-14(3)15/h13H,4-12H2,1-3H3. The topological polar surface area (TPSA) is 63.2 Å². The molecule has 0 aliphatic rings. The zero-order valence-corrected chi connectivity index (χ0v) is 12.9. The lowest BCUT2D eigenvalue weighted by atomic mass is 10.5. The van der Waals surface area contributed by atoms with Crippen LogP contribution in [0.2, 0.25) is 0 Å². The van der Waals surface area contributed by atoms with Crippen LogP contribution >= 0.6 is 0 Å². The fraction of sp³-hybridized carbons (Fsp3) is 0.929. The Hall–Kier alpha value is -0.530. The second-order valence-corrected chi connectivity index (χ2v) is 4.51. The minimum atomic E-state index is 0.0205. The summed E-state index contributed by atoms with van der Waals surface area (Å²) < 4.78 is 26.3. The first-order chi connectivity index (χ1) is 9.63. The van der Waals surface area contributed by atoms with Crippen LogP contribution in [0, 0.1) is 0 Å². The van der Waals surface area contributed by atoms with Crippen LogP contribution in [0.15, 0.2) is 0 Å². The van der Waals surface area contributed by atoms with E-state index in [0.29, 0.717) is 52.9 Å². The van der Waals surface area contributed by atoms with Crippen molar-refractivity contribution < 1.29 is 28.5 Å². The minimum absolute atomic E-state index is 0.0205. The number of carbonyl (C=O) groups is 1. The lowest BCUT2D eigenvalue weighted by molar-refractivity contribution is -0.122. The third-order valence-corrected chi connectivity index (χ3v) is 2.10. The van der Waals surface area contributed by atoms with E-state index in [4.69, 9.17) is 23.7 Å². The zero-order valence-electron chi connectivity index (χ0n) is 12.9. The van der Waals surface area contributed by atoms with Gasteiger partial charge in [0.05, 0.1) is 59.0 Å². The van der Waals surface area contributed by atoms with Gasteiger partial charge in [-0.05, 0) is 20.8 Å². The van der Waals surface area contributed by atoms with Gasteiger partial charge in [-0.15, -0.1) is 0 Å². The molecule has 0 spiro atoms. The fourth-order valence-corrected chi connectivity index (χ4v) is 1.22. The molecule has 0 radical (unpaired) electrons. The first-order valence-corrected chi connectivity index (χ1v) is 7.05. The van der Waals surface area contributed by atoms with Crippen LogP contribution in [0.5, 0.6) is 0 Å². The summed E-state index contributed by atoms with van der Waals surface area (Å²) in [5.74, 6) is 0.0205. The summed E-state index contributed by atoms with van der Waals surface area (Å²) in [4.78, 5) is 10.6. The van der Waals surface area contributed by atoms with Gasteiger partial charge in [-0.3, -0.25) is 4.79 Å². The van der Waals surface area contributed by atoms with Crippen LogP contribution in [0.1, 0.15) is 20.8 Å². The van der Waals surface area contributed by atoms with Gasteiger partial charge in [0.1, 0.15) is 6.61 Å². The lowest BCUT2D eigenvalue weighted by Gasteiger charge is -2.08. The van der Waals surface area contributed by atoms with Crippen LogP contribution in [0.4, 0.5) is 0 Å². The van der Waals surface area contributed by atoms with Gasteiger partial charge in [-0.2, -0.15) is 0 Å². The summed E-state index contributed by atoms with van der Waals surface area (Å²) in [6.45, 7) is 9.88. The van der Waals surface area contributed by atoms with Crippen LogP contribution in [-0.4, -0.2) is 71.3 Å². The van der Waals surface area contributed by atoms with E-state index >= 15 is 0 Å². The summed E-state index contributed by atoms with van der Waals surface area (Å²) in [7, 11) is 0. The van der Waals surface area contributed by atoms with E-state index < -0.39 is 0 Å². The van der Waals surface area contributed by atoms with E-state index in [2.05, 4.69) is 0 Å². The lowest BCUT2D eigenvalue weighted by Crippen LogP contribution is -2.14. The van der Waals surface area contributed by atoms with Crippen molar-refractivity contribution in [2.75, 3.05) is 59.5 Å². The summed E-state index contributed by atoms with van der Waals surface area (Å²) in [5.41, 5.74) is 0. The maximum absolute atomic E-state index is 10.6. The number of rotatable bonds is 15. The van der Waals surface area contributed by atoms with Gasteiger partial charge >= 0.3 is 0 Å². The predicted octanol–water partition coefficient (Wildman–Crippen LogP) is 1.07. The first kappa shape index (κ1) is 19.5. The summed E-state index contributed by atoms with van der Waals surface area (Å²) >= 11 is 0. The molecule has 0 N–H and O–H groups in total. The van der Waals surface area contributed by atoms with Crippen LogP contribution in [0.3, 0.4) is 0 Å². The van der Waals surface area contributed by atoms with Gasteiger partial charge in [-0.25, -0.2) is 0 Å². The molecule has 6 heteroatoms. The molecule has 120 valence electrons. The molecule has 20 heavy (non-hydrogen) atoms. The maximum Gasteiger partial charge on any atom is 0.155 e. The monoisotopic (exact) mass is 292 g/mol. The Labute approximate surface area is 121 Å². The molecular formula is C14H28O6. The second kappa shape index (κ2) is 14.9. The molecule has 0 saturated heterocycles. The molecule has 0 rings (SSSR count). The van der Waals surface area contributed by atoms with E-state index in [0.717, 1.165) is 0 Å². The number of hydrogen-bond donors (Lipinski definition) is 0. The molecule has 0 atom stereocenters. The fourth-order valence-electron chi connectivity index (χ4n) is 1.22. The van der Waals surface area contributed by atoms with Crippen molar-refractivity contribution in [3.05, 3.63) is 0 Å². The quantitative estimate of drug-likeness (QED) is 0.421. The Morgan fingerprint density at radius 3 is 1.55 bits per heavy atom. The summed E-state index contributed by atoms with van der Waals surface area (Å²) in [6.07, 6.45) is 0.242. The number of carbonyl (C=O) groups excluding carboxylic acids is 1. The van der Waals surface area contributed by atoms with E-state index in [1.54, 1.807) is 0 Å². The van der Waals surface area contributed by atoms with Gasteiger partial charge < -0.3 is 23.7 Å². The Kier molecular flexibility index (Phi) is 14.5. The first-order valence-electron chi connectivity index (χ1n) is 7.05. The number of ketones is 1. The highest BCUT2D eigenvalue weighted by atomic mass is 16.6. The molecule has 0 unspecified atom stereocenters. The van der Waals surface area contributed by atoms with Crippen molar-refractivity contribution in [2.45, 2.75) is 26.9 Å². The molecule has 0 saturated carbocycles. The number of ether oxygens (including phenoxy) is 5. The highest BCUT2D eigenvalue weighted by molar-refractivity contribution is 5.76. The van der Waals surface area contributed by atoms with Crippen molar-refractivity contribution in [1.82, 2.24) is 0 Å². The molecule has 0 bridgehead atoms. The van der Waals surface area contributed by atoms with E-state index in [1.807, 2.05) is 13.8 Å². The molecule has 0 aromatic heterocycles. The average Bonchev–Trinajstić information content (AvgIpc) is 2.38. The molecule has 6 nitrogen and oxygen atoms in total. The molecule has 0 aromatic rings. The largest absolute Gasteiger partial charge is 0.377 e. The van der Waals surface area contributed by atoms with Gasteiger partial charge in [0.15, 0.2) is 5.78 Å². The van der Waals surface area contributed by atoms with Crippen LogP contribution in [-0.2, 0) is 28.5 Å². The Bertz CT molecular complexity index is 220. The third kappa shape index (κ3) is 17.5. The van der Waals surface area contributed by atoms with Crippen molar-refractivity contribution in [3.8, 4) is 0 Å². The Morgan fingerprint density at radius 2 is 1.15 bits per heavy atom. The molecule has 0 aliphatic heterocycles.